The number of nitrogens with zero attached hydrogens (tertiary/aromatic N) is 3. The van der Waals surface area contributed by atoms with Gasteiger partial charge in [-0.1, -0.05) is 0 Å². The highest BCUT2D eigenvalue weighted by atomic mass is 32.1. The Morgan fingerprint density at radius 1 is 1.42 bits per heavy atom. The predicted octanol–water partition coefficient (Wildman–Crippen LogP) is 1.91. The Bertz CT molecular complexity index is 369. The molecule has 0 unspecified atom stereocenters. The molecule has 0 atom stereocenters. The molecule has 60 valence electrons. The van der Waals surface area contributed by atoms with Gasteiger partial charge in [-0.05, 0) is 13.0 Å². The molecule has 2 aromatic rings. The fourth-order valence-corrected chi connectivity index (χ4v) is 1.66. The Kier molecular flexibility index (Phi) is 1.83. The molecule has 0 aliphatic carbocycles. The lowest BCUT2D eigenvalue weighted by atomic mass is 10.4. The number of hydrogen-bond donors (Lipinski definition) is 0. The molecule has 4 heteroatoms. The lowest BCUT2D eigenvalue weighted by Gasteiger charge is -1.90. The smallest absolute Gasteiger partial charge is 0.142 e. The summed E-state index contributed by atoms with van der Waals surface area (Å²) in [5, 5.41) is 2.96. The maximum absolute atomic E-state index is 4.31. The van der Waals surface area contributed by atoms with Crippen molar-refractivity contribution in [2.24, 2.45) is 0 Å². The van der Waals surface area contributed by atoms with Gasteiger partial charge in [0, 0.05) is 17.3 Å². The predicted molar refractivity (Wildman–Crippen MR) is 47.9 cm³/mol. The van der Waals surface area contributed by atoms with Crippen LogP contribution in [-0.2, 0) is 0 Å². The molecule has 0 radical (unpaired) electrons. The van der Waals surface area contributed by atoms with E-state index in [9.17, 15) is 0 Å². The second-order valence-corrected chi connectivity index (χ2v) is 3.25. The van der Waals surface area contributed by atoms with Crippen molar-refractivity contribution < 1.29 is 0 Å². The average Bonchev–Trinajstić information content (AvgIpc) is 2.54. The zero-order valence-corrected chi connectivity index (χ0v) is 7.38. The lowest BCUT2D eigenvalue weighted by molar-refractivity contribution is 1.16. The summed E-state index contributed by atoms with van der Waals surface area (Å²) in [5.41, 5.74) is 1.93. The van der Waals surface area contributed by atoms with Gasteiger partial charge in [-0.3, -0.25) is 0 Å². The summed E-state index contributed by atoms with van der Waals surface area (Å²) < 4.78 is 0. The van der Waals surface area contributed by atoms with Crippen LogP contribution in [0.1, 0.15) is 5.69 Å². The fraction of sp³-hybridized carbons (Fsp3) is 0.125. The van der Waals surface area contributed by atoms with Crippen molar-refractivity contribution in [3.05, 3.63) is 29.7 Å². The molecule has 0 amide bonds. The van der Waals surface area contributed by atoms with Crippen LogP contribution in [-0.4, -0.2) is 15.0 Å². The minimum Gasteiger partial charge on any atom is -0.245 e. The number of aromatic nitrogens is 3. The highest BCUT2D eigenvalue weighted by molar-refractivity contribution is 7.13. The molecule has 0 saturated carbocycles. The molecule has 0 bridgehead atoms. The van der Waals surface area contributed by atoms with Crippen LogP contribution in [0.25, 0.3) is 10.7 Å². The van der Waals surface area contributed by atoms with Crippen molar-refractivity contribution in [2.75, 3.05) is 0 Å². The zero-order chi connectivity index (χ0) is 8.39. The molecule has 0 saturated heterocycles. The minimum atomic E-state index is 0.892. The number of hydrogen-bond acceptors (Lipinski definition) is 4. The van der Waals surface area contributed by atoms with Crippen LogP contribution in [0.15, 0.2) is 24.0 Å². The summed E-state index contributed by atoms with van der Waals surface area (Å²) >= 11 is 1.60. The fourth-order valence-electron chi connectivity index (χ4n) is 0.889. The Morgan fingerprint density at radius 2 is 2.33 bits per heavy atom. The topological polar surface area (TPSA) is 38.7 Å². The second-order valence-electron chi connectivity index (χ2n) is 2.39. The van der Waals surface area contributed by atoms with E-state index < -0.39 is 0 Å². The zero-order valence-electron chi connectivity index (χ0n) is 6.56. The van der Waals surface area contributed by atoms with Crippen molar-refractivity contribution in [3.8, 4) is 10.7 Å². The van der Waals surface area contributed by atoms with Gasteiger partial charge in [-0.2, -0.15) is 0 Å². The molecule has 2 rings (SSSR count). The third kappa shape index (κ3) is 1.33. The molecule has 0 fully saturated rings. The lowest BCUT2D eigenvalue weighted by Crippen LogP contribution is -1.82. The van der Waals surface area contributed by atoms with Crippen LogP contribution in [0, 0.1) is 6.92 Å². The Balaban J connectivity index is 2.45. The van der Waals surface area contributed by atoms with Crippen molar-refractivity contribution in [2.45, 2.75) is 6.92 Å². The molecule has 12 heavy (non-hydrogen) atoms. The highest BCUT2D eigenvalue weighted by Gasteiger charge is 2.01. The summed E-state index contributed by atoms with van der Waals surface area (Å²) in [5.74, 6) is 0. The number of aryl methyl sites for hydroxylation is 1. The maximum Gasteiger partial charge on any atom is 0.142 e. The van der Waals surface area contributed by atoms with E-state index in [1.165, 1.54) is 6.33 Å². The summed E-state index contributed by atoms with van der Waals surface area (Å²) in [6, 6.07) is 1.86. The van der Waals surface area contributed by atoms with E-state index in [-0.39, 0.29) is 0 Å². The van der Waals surface area contributed by atoms with Crippen molar-refractivity contribution in [1.82, 2.24) is 15.0 Å². The van der Waals surface area contributed by atoms with Crippen LogP contribution in [0.3, 0.4) is 0 Å². The van der Waals surface area contributed by atoms with Gasteiger partial charge in [-0.25, -0.2) is 15.0 Å². The normalized spacial score (nSPS) is 10.1. The van der Waals surface area contributed by atoms with E-state index >= 15 is 0 Å². The average molecular weight is 177 g/mol. The first-order chi connectivity index (χ1) is 5.86. The quantitative estimate of drug-likeness (QED) is 0.667. The number of rotatable bonds is 1. The van der Waals surface area contributed by atoms with Gasteiger partial charge < -0.3 is 0 Å². The molecule has 0 N–H and O–H groups in total. The third-order valence-electron chi connectivity index (χ3n) is 1.42. The van der Waals surface area contributed by atoms with E-state index in [0.717, 1.165) is 16.4 Å². The minimum absolute atomic E-state index is 0.892. The number of thiazole rings is 1. The summed E-state index contributed by atoms with van der Waals surface area (Å²) in [4.78, 5) is 12.3. The van der Waals surface area contributed by atoms with E-state index in [0.29, 0.717) is 0 Å². The molecule has 0 aromatic carbocycles. The van der Waals surface area contributed by atoms with E-state index in [1.807, 2.05) is 18.4 Å². The highest BCUT2D eigenvalue weighted by Crippen LogP contribution is 2.19. The van der Waals surface area contributed by atoms with Crippen LogP contribution < -0.4 is 0 Å². The van der Waals surface area contributed by atoms with Gasteiger partial charge in [0.25, 0.3) is 0 Å². The Morgan fingerprint density at radius 3 is 2.92 bits per heavy atom. The first kappa shape index (κ1) is 7.36. The van der Waals surface area contributed by atoms with Crippen LogP contribution in [0.4, 0.5) is 0 Å². The van der Waals surface area contributed by atoms with Gasteiger partial charge in [-0.15, -0.1) is 11.3 Å². The van der Waals surface area contributed by atoms with Gasteiger partial charge in [0.15, 0.2) is 0 Å². The summed E-state index contributed by atoms with van der Waals surface area (Å²) in [6.45, 7) is 1.97. The Labute approximate surface area is 74.2 Å². The van der Waals surface area contributed by atoms with Crippen molar-refractivity contribution in [3.63, 3.8) is 0 Å². The van der Waals surface area contributed by atoms with Gasteiger partial charge in [0.1, 0.15) is 17.0 Å². The van der Waals surface area contributed by atoms with Crippen molar-refractivity contribution in [1.29, 1.82) is 0 Å². The summed E-state index contributed by atoms with van der Waals surface area (Å²) in [7, 11) is 0. The summed E-state index contributed by atoms with van der Waals surface area (Å²) in [6.07, 6.45) is 3.26. The Hall–Kier alpha value is -1.29. The molecule has 0 aliphatic rings. The van der Waals surface area contributed by atoms with Crippen molar-refractivity contribution >= 4 is 11.3 Å². The first-order valence-electron chi connectivity index (χ1n) is 3.55. The molecule has 2 aromatic heterocycles. The molecule has 0 aliphatic heterocycles. The van der Waals surface area contributed by atoms with Crippen LogP contribution in [0.2, 0.25) is 0 Å². The molecular weight excluding hydrogens is 170 g/mol. The molecular formula is C8H7N3S. The standard InChI is InChI=1S/C8H7N3S/c1-6-4-12-8(11-6)7-2-3-9-5-10-7/h2-5H,1H3. The van der Waals surface area contributed by atoms with Gasteiger partial charge in [0.2, 0.25) is 0 Å². The monoisotopic (exact) mass is 177 g/mol. The maximum atomic E-state index is 4.31. The van der Waals surface area contributed by atoms with Crippen LogP contribution >= 0.6 is 11.3 Å². The van der Waals surface area contributed by atoms with Gasteiger partial charge in [0.05, 0.1) is 0 Å². The largest absolute Gasteiger partial charge is 0.245 e. The van der Waals surface area contributed by atoms with Gasteiger partial charge >= 0.3 is 0 Å². The molecule has 2 heterocycles. The first-order valence-corrected chi connectivity index (χ1v) is 4.43. The SMILES string of the molecule is Cc1csc(-c2ccncn2)n1. The molecule has 3 nitrogen and oxygen atoms in total. The van der Waals surface area contributed by atoms with E-state index in [2.05, 4.69) is 15.0 Å². The van der Waals surface area contributed by atoms with E-state index in [1.54, 1.807) is 17.5 Å². The van der Waals surface area contributed by atoms with Crippen LogP contribution in [0.5, 0.6) is 0 Å². The molecule has 0 spiro atoms. The second kappa shape index (κ2) is 2.98. The third-order valence-corrected chi connectivity index (χ3v) is 2.40. The van der Waals surface area contributed by atoms with E-state index in [4.69, 9.17) is 0 Å².